The van der Waals surface area contributed by atoms with E-state index in [-0.39, 0.29) is 12.4 Å². The van der Waals surface area contributed by atoms with Crippen molar-refractivity contribution in [1.29, 1.82) is 0 Å². The Hall–Kier alpha value is -2.10. The van der Waals surface area contributed by atoms with Crippen LogP contribution in [0, 0.1) is 0 Å². The van der Waals surface area contributed by atoms with E-state index in [1.807, 2.05) is 37.3 Å². The molecule has 0 spiro atoms. The Balaban J connectivity index is 2.33. The van der Waals surface area contributed by atoms with E-state index in [9.17, 15) is 4.79 Å². The number of ether oxygens (including phenoxy) is 1. The first-order chi connectivity index (χ1) is 8.74. The van der Waals surface area contributed by atoms with Crippen LogP contribution < -0.4 is 0 Å². The van der Waals surface area contributed by atoms with Crippen LogP contribution in [0.3, 0.4) is 0 Å². The van der Waals surface area contributed by atoms with Crippen LogP contribution in [-0.2, 0) is 22.4 Å². The highest BCUT2D eigenvalue weighted by atomic mass is 16.5. The summed E-state index contributed by atoms with van der Waals surface area (Å²) in [4.78, 5) is 15.5. The predicted octanol–water partition coefficient (Wildman–Crippen LogP) is 2.62. The quantitative estimate of drug-likeness (QED) is 0.777. The summed E-state index contributed by atoms with van der Waals surface area (Å²) >= 11 is 0. The van der Waals surface area contributed by atoms with Crippen molar-refractivity contribution in [3.05, 3.63) is 41.9 Å². The van der Waals surface area contributed by atoms with Crippen molar-refractivity contribution in [3.8, 4) is 11.3 Å². The molecule has 1 heterocycles. The number of benzene rings is 1. The molecular formula is C14H15NO3. The van der Waals surface area contributed by atoms with Crippen LogP contribution in [0.2, 0.25) is 0 Å². The molecule has 2 aromatic rings. The Bertz CT molecular complexity index is 531. The molecule has 0 atom stereocenters. The van der Waals surface area contributed by atoms with Crippen LogP contribution in [0.15, 0.2) is 34.7 Å². The highest BCUT2D eigenvalue weighted by molar-refractivity contribution is 5.71. The summed E-state index contributed by atoms with van der Waals surface area (Å²) < 4.78 is 10.3. The second kappa shape index (κ2) is 5.49. The lowest BCUT2D eigenvalue weighted by Gasteiger charge is -1.97. The first kappa shape index (κ1) is 12.4. The molecule has 94 valence electrons. The molecule has 0 N–H and O–H groups in total. The molecule has 0 fully saturated rings. The first-order valence-electron chi connectivity index (χ1n) is 5.85. The van der Waals surface area contributed by atoms with Crippen molar-refractivity contribution in [2.24, 2.45) is 0 Å². The summed E-state index contributed by atoms with van der Waals surface area (Å²) in [6.07, 6.45) is 0.825. The Labute approximate surface area is 106 Å². The highest BCUT2D eigenvalue weighted by Gasteiger charge is 2.15. The van der Waals surface area contributed by atoms with E-state index in [1.165, 1.54) is 7.11 Å². The van der Waals surface area contributed by atoms with Gasteiger partial charge >= 0.3 is 5.97 Å². The van der Waals surface area contributed by atoms with E-state index < -0.39 is 0 Å². The van der Waals surface area contributed by atoms with Gasteiger partial charge in [-0.3, -0.25) is 4.79 Å². The van der Waals surface area contributed by atoms with E-state index in [4.69, 9.17) is 4.42 Å². The van der Waals surface area contributed by atoms with Crippen LogP contribution in [-0.4, -0.2) is 18.1 Å². The normalized spacial score (nSPS) is 10.3. The molecule has 0 radical (unpaired) electrons. The van der Waals surface area contributed by atoms with Gasteiger partial charge in [0.2, 0.25) is 5.89 Å². The number of carbonyl (C=O) groups is 1. The minimum atomic E-state index is -0.349. The average molecular weight is 245 g/mol. The van der Waals surface area contributed by atoms with Gasteiger partial charge in [-0.25, -0.2) is 4.98 Å². The number of rotatable bonds is 4. The number of nitrogens with zero attached hydrogens (tertiary/aromatic N) is 1. The van der Waals surface area contributed by atoms with Crippen molar-refractivity contribution in [2.75, 3.05) is 7.11 Å². The van der Waals surface area contributed by atoms with Crippen LogP contribution in [0.1, 0.15) is 18.5 Å². The van der Waals surface area contributed by atoms with Crippen molar-refractivity contribution in [3.63, 3.8) is 0 Å². The molecule has 0 bridgehead atoms. The minimum absolute atomic E-state index is 0.0658. The summed E-state index contributed by atoms with van der Waals surface area (Å²) in [5, 5.41) is 0. The predicted molar refractivity (Wildman–Crippen MR) is 67.0 cm³/mol. The van der Waals surface area contributed by atoms with Gasteiger partial charge in [0.1, 0.15) is 6.42 Å². The van der Waals surface area contributed by atoms with Gasteiger partial charge in [0, 0.05) is 5.56 Å². The molecular weight excluding hydrogens is 230 g/mol. The second-order valence-corrected chi connectivity index (χ2v) is 3.86. The third-order valence-electron chi connectivity index (χ3n) is 2.64. The van der Waals surface area contributed by atoms with Gasteiger partial charge in [-0.2, -0.15) is 0 Å². The highest BCUT2D eigenvalue weighted by Crippen LogP contribution is 2.25. The minimum Gasteiger partial charge on any atom is -0.469 e. The smallest absolute Gasteiger partial charge is 0.314 e. The Morgan fingerprint density at radius 2 is 2.06 bits per heavy atom. The van der Waals surface area contributed by atoms with Gasteiger partial charge in [0.15, 0.2) is 5.76 Å². The topological polar surface area (TPSA) is 52.3 Å². The molecule has 4 nitrogen and oxygen atoms in total. The van der Waals surface area contributed by atoms with Gasteiger partial charge in [-0.1, -0.05) is 37.3 Å². The third kappa shape index (κ3) is 2.59. The Morgan fingerprint density at radius 1 is 1.33 bits per heavy atom. The molecule has 0 aliphatic rings. The van der Waals surface area contributed by atoms with Gasteiger partial charge in [0.25, 0.3) is 0 Å². The van der Waals surface area contributed by atoms with Crippen molar-refractivity contribution < 1.29 is 13.9 Å². The van der Waals surface area contributed by atoms with E-state index in [0.717, 1.165) is 23.4 Å². The maximum Gasteiger partial charge on any atom is 0.314 e. The van der Waals surface area contributed by atoms with Crippen LogP contribution >= 0.6 is 0 Å². The van der Waals surface area contributed by atoms with Gasteiger partial charge in [-0.05, 0) is 6.42 Å². The van der Waals surface area contributed by atoms with Gasteiger partial charge in [-0.15, -0.1) is 0 Å². The zero-order valence-corrected chi connectivity index (χ0v) is 10.5. The number of oxazole rings is 1. The molecule has 4 heteroatoms. The molecule has 0 saturated carbocycles. The largest absolute Gasteiger partial charge is 0.469 e. The number of carbonyl (C=O) groups excluding carboxylic acids is 1. The van der Waals surface area contributed by atoms with Crippen molar-refractivity contribution >= 4 is 5.97 Å². The average Bonchev–Trinajstić information content (AvgIpc) is 2.82. The fourth-order valence-electron chi connectivity index (χ4n) is 1.73. The lowest BCUT2D eigenvalue weighted by atomic mass is 10.1. The second-order valence-electron chi connectivity index (χ2n) is 3.86. The number of methoxy groups -OCH3 is 1. The van der Waals surface area contributed by atoms with E-state index in [1.54, 1.807) is 0 Å². The molecule has 18 heavy (non-hydrogen) atoms. The fraction of sp³-hybridized carbons (Fsp3) is 0.286. The zero-order chi connectivity index (χ0) is 13.0. The third-order valence-corrected chi connectivity index (χ3v) is 2.64. The van der Waals surface area contributed by atoms with Crippen LogP contribution in [0.25, 0.3) is 11.3 Å². The van der Waals surface area contributed by atoms with Crippen molar-refractivity contribution in [1.82, 2.24) is 4.98 Å². The van der Waals surface area contributed by atoms with E-state index in [0.29, 0.717) is 5.89 Å². The van der Waals surface area contributed by atoms with Gasteiger partial charge < -0.3 is 9.15 Å². The van der Waals surface area contributed by atoms with E-state index >= 15 is 0 Å². The standard InChI is InChI=1S/C14H15NO3/c1-3-11-14(10-7-5-4-6-8-10)18-12(15-11)9-13(16)17-2/h4-8H,3,9H2,1-2H3. The number of aromatic nitrogens is 1. The first-order valence-corrected chi connectivity index (χ1v) is 5.85. The van der Waals surface area contributed by atoms with Crippen molar-refractivity contribution in [2.45, 2.75) is 19.8 Å². The molecule has 2 rings (SSSR count). The van der Waals surface area contributed by atoms with Crippen LogP contribution in [0.4, 0.5) is 0 Å². The fourth-order valence-corrected chi connectivity index (χ4v) is 1.73. The zero-order valence-electron chi connectivity index (χ0n) is 10.5. The molecule has 0 saturated heterocycles. The molecule has 1 aromatic carbocycles. The lowest BCUT2D eigenvalue weighted by Crippen LogP contribution is -2.04. The molecule has 0 aliphatic heterocycles. The molecule has 1 aromatic heterocycles. The summed E-state index contributed by atoms with van der Waals surface area (Å²) in [6.45, 7) is 2.01. The molecule has 0 amide bonds. The number of aryl methyl sites for hydroxylation is 1. The summed E-state index contributed by atoms with van der Waals surface area (Å²) in [5.74, 6) is 0.785. The molecule has 0 aliphatic carbocycles. The number of hydrogen-bond acceptors (Lipinski definition) is 4. The van der Waals surface area contributed by atoms with Gasteiger partial charge in [0.05, 0.1) is 12.8 Å². The van der Waals surface area contributed by atoms with Crippen LogP contribution in [0.5, 0.6) is 0 Å². The summed E-state index contributed by atoms with van der Waals surface area (Å²) in [6, 6.07) is 9.75. The lowest BCUT2D eigenvalue weighted by molar-refractivity contribution is -0.140. The Kier molecular flexibility index (Phi) is 3.77. The number of hydrogen-bond donors (Lipinski definition) is 0. The maximum absolute atomic E-state index is 11.2. The Morgan fingerprint density at radius 3 is 2.67 bits per heavy atom. The van der Waals surface area contributed by atoms with E-state index in [2.05, 4.69) is 9.72 Å². The molecule has 0 unspecified atom stereocenters. The monoisotopic (exact) mass is 245 g/mol. The number of esters is 1. The SMILES string of the molecule is CCc1nc(CC(=O)OC)oc1-c1ccccc1. The summed E-state index contributed by atoms with van der Waals surface area (Å²) in [7, 11) is 1.35. The maximum atomic E-state index is 11.2. The summed E-state index contributed by atoms with van der Waals surface area (Å²) in [5.41, 5.74) is 1.83.